The third-order valence-electron chi connectivity index (χ3n) is 6.25. The monoisotopic (exact) mass is 561 g/mol. The van der Waals surface area contributed by atoms with Crippen molar-refractivity contribution in [1.82, 2.24) is 25.0 Å². The van der Waals surface area contributed by atoms with Gasteiger partial charge in [0, 0.05) is 24.1 Å². The molecule has 1 aliphatic heterocycles. The number of benzene rings is 1. The first-order chi connectivity index (χ1) is 18.1. The highest BCUT2D eigenvalue weighted by molar-refractivity contribution is 5.94. The zero-order chi connectivity index (χ0) is 28.9. The second-order valence-electron chi connectivity index (χ2n) is 8.74. The van der Waals surface area contributed by atoms with E-state index in [9.17, 15) is 45.1 Å². The van der Waals surface area contributed by atoms with Gasteiger partial charge >= 0.3 is 18.3 Å². The van der Waals surface area contributed by atoms with Crippen LogP contribution < -0.4 is 10.4 Å². The van der Waals surface area contributed by atoms with Crippen LogP contribution in [0.3, 0.4) is 0 Å². The highest BCUT2D eigenvalue weighted by Gasteiger charge is 2.45. The van der Waals surface area contributed by atoms with Crippen molar-refractivity contribution < 1.29 is 45.2 Å². The lowest BCUT2D eigenvalue weighted by Gasteiger charge is -2.28. The van der Waals surface area contributed by atoms with Crippen LogP contribution in [-0.2, 0) is 30.4 Å². The van der Waals surface area contributed by atoms with Crippen LogP contribution >= 0.6 is 0 Å². The molecule has 4 rings (SSSR count). The van der Waals surface area contributed by atoms with E-state index in [1.165, 1.54) is 12.1 Å². The SMILES string of the molecule is Cc1c(Cc2ccc(F)c(C(=O)N3CCc4c(C(F)(F)F)nn(OC(=O)C(F)(F)F)c4C3)c2)n[nH]c(=O)c1C. The predicted octanol–water partition coefficient (Wildman–Crippen LogP) is 3.05. The maximum Gasteiger partial charge on any atom is 0.493 e. The van der Waals surface area contributed by atoms with Crippen LogP contribution in [0.25, 0.3) is 0 Å². The Morgan fingerprint density at radius 1 is 1.10 bits per heavy atom. The van der Waals surface area contributed by atoms with Gasteiger partial charge in [0.15, 0.2) is 5.69 Å². The Morgan fingerprint density at radius 3 is 2.44 bits per heavy atom. The molecule has 1 aromatic carbocycles. The standard InChI is InChI=1S/C23H18F7N5O4/c1-10-11(2)19(36)32-31-16(10)8-12-3-4-15(24)14(7-12)20(37)34-6-5-13-17(9-34)35(33-18(13)22(25,26)27)39-21(38)23(28,29)30/h3-4,7H,5-6,8-9H2,1-2H3,(H,32,36). The van der Waals surface area contributed by atoms with Gasteiger partial charge in [-0.15, -0.1) is 5.10 Å². The van der Waals surface area contributed by atoms with Gasteiger partial charge in [-0.25, -0.2) is 14.3 Å². The first-order valence-corrected chi connectivity index (χ1v) is 11.2. The smallest absolute Gasteiger partial charge is 0.332 e. The van der Waals surface area contributed by atoms with E-state index >= 15 is 0 Å². The van der Waals surface area contributed by atoms with Crippen molar-refractivity contribution in [2.24, 2.45) is 0 Å². The summed E-state index contributed by atoms with van der Waals surface area (Å²) in [6.45, 7) is 2.16. The average Bonchev–Trinajstić information content (AvgIpc) is 3.22. The van der Waals surface area contributed by atoms with Crippen LogP contribution in [0.5, 0.6) is 0 Å². The fourth-order valence-corrected chi connectivity index (χ4v) is 4.05. The van der Waals surface area contributed by atoms with Gasteiger partial charge in [-0.05, 0) is 43.5 Å². The molecule has 0 fully saturated rings. The summed E-state index contributed by atoms with van der Waals surface area (Å²) < 4.78 is 93.0. The summed E-state index contributed by atoms with van der Waals surface area (Å²) >= 11 is 0. The molecule has 0 aliphatic carbocycles. The maximum absolute atomic E-state index is 14.7. The Morgan fingerprint density at radius 2 is 1.79 bits per heavy atom. The molecule has 3 aromatic rings. The van der Waals surface area contributed by atoms with Crippen molar-refractivity contribution in [2.75, 3.05) is 6.54 Å². The van der Waals surface area contributed by atoms with E-state index in [4.69, 9.17) is 0 Å². The van der Waals surface area contributed by atoms with Crippen molar-refractivity contribution in [2.45, 2.75) is 45.6 Å². The number of amides is 1. The van der Waals surface area contributed by atoms with E-state index in [0.29, 0.717) is 22.4 Å². The Hall–Kier alpha value is -4.24. The van der Waals surface area contributed by atoms with Gasteiger partial charge in [-0.2, -0.15) is 31.4 Å². The first-order valence-electron chi connectivity index (χ1n) is 11.2. The number of carbonyl (C=O) groups excluding carboxylic acids is 2. The van der Waals surface area contributed by atoms with Gasteiger partial charge in [0.1, 0.15) is 11.5 Å². The number of hydrogen-bond donors (Lipinski definition) is 1. The number of H-pyrrole nitrogens is 1. The molecule has 9 nitrogen and oxygen atoms in total. The molecule has 0 spiro atoms. The highest BCUT2D eigenvalue weighted by atomic mass is 19.4. The zero-order valence-corrected chi connectivity index (χ0v) is 20.1. The molecule has 0 radical (unpaired) electrons. The Balaban J connectivity index is 1.64. The number of hydrogen-bond acceptors (Lipinski definition) is 6. The molecule has 0 atom stereocenters. The normalized spacial score (nSPS) is 13.8. The van der Waals surface area contributed by atoms with Crippen LogP contribution in [0.15, 0.2) is 23.0 Å². The first kappa shape index (κ1) is 27.8. The minimum atomic E-state index is -5.53. The van der Waals surface area contributed by atoms with E-state index < -0.39 is 65.5 Å². The molecule has 1 aliphatic rings. The van der Waals surface area contributed by atoms with Gasteiger partial charge in [0.05, 0.1) is 17.8 Å². The molecule has 2 aromatic heterocycles. The van der Waals surface area contributed by atoms with Gasteiger partial charge in [0.2, 0.25) is 0 Å². The second-order valence-corrected chi connectivity index (χ2v) is 8.74. The number of halogens is 7. The topological polar surface area (TPSA) is 110 Å². The molecule has 208 valence electrons. The summed E-state index contributed by atoms with van der Waals surface area (Å²) in [7, 11) is 0. The molecule has 0 bridgehead atoms. The zero-order valence-electron chi connectivity index (χ0n) is 20.1. The molecular weight excluding hydrogens is 543 g/mol. The molecular formula is C23H18F7N5O4. The second kappa shape index (κ2) is 9.81. The molecule has 0 saturated carbocycles. The van der Waals surface area contributed by atoms with Crippen LogP contribution in [0, 0.1) is 19.7 Å². The summed E-state index contributed by atoms with van der Waals surface area (Å²) in [5.74, 6) is -4.74. The lowest BCUT2D eigenvalue weighted by atomic mass is 10.00. The maximum atomic E-state index is 14.7. The van der Waals surface area contributed by atoms with E-state index in [1.807, 2.05) is 0 Å². The van der Waals surface area contributed by atoms with Crippen molar-refractivity contribution in [3.63, 3.8) is 0 Å². The fraction of sp³-hybridized carbons (Fsp3) is 0.348. The molecule has 1 N–H and O–H groups in total. The predicted molar refractivity (Wildman–Crippen MR) is 117 cm³/mol. The Labute approximate surface area is 214 Å². The summed E-state index contributed by atoms with van der Waals surface area (Å²) in [4.78, 5) is 40.9. The molecule has 39 heavy (non-hydrogen) atoms. The van der Waals surface area contributed by atoms with Gasteiger partial charge < -0.3 is 9.74 Å². The van der Waals surface area contributed by atoms with Crippen LogP contribution in [-0.4, -0.2) is 49.6 Å². The highest BCUT2D eigenvalue weighted by Crippen LogP contribution is 2.35. The largest absolute Gasteiger partial charge is 0.493 e. The number of nitrogens with one attached hydrogen (secondary N) is 1. The number of carbonyl (C=O) groups is 2. The third kappa shape index (κ3) is 5.49. The quantitative estimate of drug-likeness (QED) is 0.491. The van der Waals surface area contributed by atoms with Crippen molar-refractivity contribution >= 4 is 11.9 Å². The van der Waals surface area contributed by atoms with E-state index in [-0.39, 0.29) is 23.4 Å². The van der Waals surface area contributed by atoms with E-state index in [1.54, 1.807) is 13.8 Å². The number of aromatic nitrogens is 4. The fourth-order valence-electron chi connectivity index (χ4n) is 4.05. The van der Waals surface area contributed by atoms with Gasteiger partial charge in [0.25, 0.3) is 11.5 Å². The number of aromatic amines is 1. The van der Waals surface area contributed by atoms with E-state index in [0.717, 1.165) is 11.0 Å². The molecule has 3 heterocycles. The average molecular weight is 561 g/mol. The summed E-state index contributed by atoms with van der Waals surface area (Å²) in [5, 5.41) is 9.29. The van der Waals surface area contributed by atoms with Crippen LogP contribution in [0.4, 0.5) is 30.7 Å². The van der Waals surface area contributed by atoms with E-state index in [2.05, 4.69) is 20.1 Å². The van der Waals surface area contributed by atoms with Crippen LogP contribution in [0.2, 0.25) is 0 Å². The molecule has 16 heteroatoms. The van der Waals surface area contributed by atoms with Gasteiger partial charge in [-0.1, -0.05) is 10.9 Å². The van der Waals surface area contributed by atoms with Crippen LogP contribution in [0.1, 0.15) is 49.7 Å². The molecule has 0 saturated heterocycles. The molecule has 1 amide bonds. The third-order valence-corrected chi connectivity index (χ3v) is 6.25. The number of nitrogens with zero attached hydrogens (tertiary/aromatic N) is 4. The van der Waals surface area contributed by atoms with Crippen molar-refractivity contribution in [3.8, 4) is 0 Å². The van der Waals surface area contributed by atoms with Crippen molar-refractivity contribution in [1.29, 1.82) is 0 Å². The number of fused-ring (bicyclic) bond motifs is 1. The minimum Gasteiger partial charge on any atom is -0.332 e. The number of alkyl halides is 6. The lowest BCUT2D eigenvalue weighted by molar-refractivity contribution is -0.202. The summed E-state index contributed by atoms with van der Waals surface area (Å²) in [6.07, 6.45) is -11.0. The lowest BCUT2D eigenvalue weighted by Crippen LogP contribution is -2.39. The Kier molecular flexibility index (Phi) is 6.99. The number of rotatable bonds is 4. The summed E-state index contributed by atoms with van der Waals surface area (Å²) in [6, 6.07) is 3.59. The van der Waals surface area contributed by atoms with Gasteiger partial charge in [-0.3, -0.25) is 9.59 Å². The van der Waals surface area contributed by atoms with Crippen molar-refractivity contribution in [3.05, 3.63) is 79.3 Å². The molecule has 0 unspecified atom stereocenters. The Bertz CT molecular complexity index is 1520. The minimum absolute atomic E-state index is 0.100. The summed E-state index contributed by atoms with van der Waals surface area (Å²) in [5.41, 5.74) is -1.69.